The number of carboxylic acid groups (broad SMARTS) is 2. The number of aliphatic carboxylic acids is 2. The number of aliphatic hydroxyl groups is 5. The van der Waals surface area contributed by atoms with Crippen LogP contribution < -0.4 is 43.4 Å². The van der Waals surface area contributed by atoms with E-state index in [1.54, 1.807) is 0 Å². The molecule has 3 saturated heterocycles. The summed E-state index contributed by atoms with van der Waals surface area (Å²) in [6.07, 6.45) is -3.77. The monoisotopic (exact) mass is 1110 g/mol. The molecule has 17 N–H and O–H groups in total. The summed E-state index contributed by atoms with van der Waals surface area (Å²) in [6, 6.07) is -15.3. The number of hydrogen-bond acceptors (Lipinski definition) is 18. The van der Waals surface area contributed by atoms with Crippen LogP contribution in [0.1, 0.15) is 124 Å². The first kappa shape index (κ1) is 65.5. The number of nitrogens with zero attached hydrogens (tertiary/aromatic N) is 3. The molecule has 3 fully saturated rings. The molecule has 0 aromatic rings. The number of cyclic esters (lactones) is 1. The van der Waals surface area contributed by atoms with Gasteiger partial charge in [0.2, 0.25) is 47.3 Å². The molecular weight excluding hydrogens is 1030 g/mol. The third-order valence-corrected chi connectivity index (χ3v) is 13.5. The van der Waals surface area contributed by atoms with Crippen LogP contribution in [0.5, 0.6) is 0 Å². The lowest BCUT2D eigenvalue weighted by Crippen LogP contribution is -2.64. The van der Waals surface area contributed by atoms with E-state index >= 15 is 0 Å². The van der Waals surface area contributed by atoms with E-state index < -0.39 is 164 Å². The summed E-state index contributed by atoms with van der Waals surface area (Å²) in [5, 5.41) is 86.4. The second kappa shape index (κ2) is 32.2. The smallest absolute Gasteiger partial charge is 0.335 e. The number of hydrogen-bond donors (Lipinski definition) is 15. The van der Waals surface area contributed by atoms with Crippen molar-refractivity contribution >= 4 is 71.1 Å². The van der Waals surface area contributed by atoms with Crippen molar-refractivity contribution < 1.29 is 93.2 Å². The van der Waals surface area contributed by atoms with Gasteiger partial charge in [0, 0.05) is 19.6 Å². The van der Waals surface area contributed by atoms with Crippen molar-refractivity contribution in [2.24, 2.45) is 16.5 Å². The predicted octanol–water partition coefficient (Wildman–Crippen LogP) is -5.58. The van der Waals surface area contributed by atoms with Gasteiger partial charge in [-0.15, -0.1) is 0 Å². The normalized spacial score (nSPS) is 27.9. The molecule has 78 heavy (non-hydrogen) atoms. The van der Waals surface area contributed by atoms with Gasteiger partial charge >= 0.3 is 17.9 Å². The number of esters is 1. The number of fused-ring (bicyclic) bond motifs is 2. The minimum atomic E-state index is -2.77. The van der Waals surface area contributed by atoms with E-state index in [-0.39, 0.29) is 57.6 Å². The molecule has 3 unspecified atom stereocenters. The van der Waals surface area contributed by atoms with Crippen LogP contribution in [0.2, 0.25) is 0 Å². The Morgan fingerprint density at radius 1 is 0.667 bits per heavy atom. The number of aliphatic imine (C=N–C) groups is 1. The largest absolute Gasteiger partial charge is 0.479 e. The summed E-state index contributed by atoms with van der Waals surface area (Å²) >= 11 is 0. The number of rotatable bonds is 20. The van der Waals surface area contributed by atoms with E-state index in [0.29, 0.717) is 17.7 Å². The van der Waals surface area contributed by atoms with Crippen molar-refractivity contribution in [3.8, 4) is 0 Å². The second-order valence-corrected chi connectivity index (χ2v) is 19.7. The number of amides is 8. The molecule has 440 valence electrons. The number of nitrogens with one attached hydrogen (secondary N) is 6. The van der Waals surface area contributed by atoms with Crippen molar-refractivity contribution in [1.29, 1.82) is 0 Å². The van der Waals surface area contributed by atoms with Crippen molar-refractivity contribution in [3.05, 3.63) is 0 Å². The standard InChI is InChI=1S/C48H79N11O19/c1-4-5-6-7-8-9-10-11-12-15-26-22-31(63)55-32(25(3)61)40(68)52-24(2)43(71)58-20-14-17-29(58)39(67)53-27(16-13-19-51-48(49)50)38(66)56-33(36(64)45(73)74)41(69)54-28(23-60)44(72)59-21-18-30(62)35(59)42(70)57-34(47(77)78-26)37(65)46(75)76/h24-30,32-37,60-62,64-65H,4-23H2,1-3H3,(H,52,68)(H,53,67)(H,54,69)(H,55,63)(H,56,66)(H,57,70)(H,73,74)(H,75,76)(H4,49,50,51)/t24-,25+,26?,27-,28-,29-,30-,32-,33-,34+,35-,36?,37?/m0/s1. The van der Waals surface area contributed by atoms with Gasteiger partial charge in [0.25, 0.3) is 0 Å². The van der Waals surface area contributed by atoms with Crippen LogP contribution in [0, 0.1) is 0 Å². The highest BCUT2D eigenvalue weighted by molar-refractivity contribution is 6.00. The van der Waals surface area contributed by atoms with Gasteiger partial charge in [-0.05, 0) is 58.8 Å². The number of carboxylic acids is 2. The fourth-order valence-electron chi connectivity index (χ4n) is 9.24. The average Bonchev–Trinajstić information content (AvgIpc) is 4.04. The first-order valence-electron chi connectivity index (χ1n) is 26.3. The van der Waals surface area contributed by atoms with E-state index in [4.69, 9.17) is 16.2 Å². The van der Waals surface area contributed by atoms with Gasteiger partial charge in [-0.3, -0.25) is 43.3 Å². The fraction of sp³-hybridized carbons (Fsp3) is 0.750. The van der Waals surface area contributed by atoms with Crippen LogP contribution in [0.15, 0.2) is 4.99 Å². The van der Waals surface area contributed by atoms with Gasteiger partial charge in [0.05, 0.1) is 25.2 Å². The van der Waals surface area contributed by atoms with Crippen molar-refractivity contribution in [2.45, 2.75) is 202 Å². The Bertz CT molecular complexity index is 2150. The van der Waals surface area contributed by atoms with Crippen LogP contribution in [0.25, 0.3) is 0 Å². The summed E-state index contributed by atoms with van der Waals surface area (Å²) in [5.74, 6) is -15.6. The van der Waals surface area contributed by atoms with Crippen molar-refractivity contribution in [1.82, 2.24) is 41.7 Å². The van der Waals surface area contributed by atoms with E-state index in [2.05, 4.69) is 27.9 Å². The van der Waals surface area contributed by atoms with E-state index in [1.807, 2.05) is 16.0 Å². The van der Waals surface area contributed by atoms with Gasteiger partial charge in [0.1, 0.15) is 48.4 Å². The summed E-state index contributed by atoms with van der Waals surface area (Å²) in [7, 11) is 0. The van der Waals surface area contributed by atoms with E-state index in [0.717, 1.165) is 56.8 Å². The third-order valence-electron chi connectivity index (χ3n) is 13.5. The average molecular weight is 1110 g/mol. The molecule has 0 radical (unpaired) electrons. The molecule has 30 heteroatoms. The molecule has 30 nitrogen and oxygen atoms in total. The summed E-state index contributed by atoms with van der Waals surface area (Å²) < 4.78 is 5.59. The van der Waals surface area contributed by atoms with Crippen LogP contribution in [-0.2, 0) is 57.5 Å². The minimum absolute atomic E-state index is 0.0307. The molecule has 0 spiro atoms. The number of nitrogens with two attached hydrogens (primary N) is 2. The number of unbranched alkanes of at least 4 members (excludes halogenated alkanes) is 8. The van der Waals surface area contributed by atoms with E-state index in [9.17, 15) is 88.5 Å². The lowest BCUT2D eigenvalue weighted by atomic mass is 10.0. The maximum Gasteiger partial charge on any atom is 0.335 e. The quantitative estimate of drug-likeness (QED) is 0.0234. The number of ether oxygens (including phenoxy) is 1. The molecule has 0 aromatic carbocycles. The molecule has 0 saturated carbocycles. The Morgan fingerprint density at radius 3 is 1.83 bits per heavy atom. The lowest BCUT2D eigenvalue weighted by molar-refractivity contribution is -0.165. The van der Waals surface area contributed by atoms with Gasteiger partial charge in [-0.25, -0.2) is 14.4 Å². The van der Waals surface area contributed by atoms with Gasteiger partial charge in [-0.1, -0.05) is 58.3 Å². The van der Waals surface area contributed by atoms with Crippen LogP contribution in [0.3, 0.4) is 0 Å². The molecule has 3 rings (SSSR count). The van der Waals surface area contributed by atoms with Gasteiger partial charge in [-0.2, -0.15) is 0 Å². The van der Waals surface area contributed by atoms with Crippen LogP contribution in [0.4, 0.5) is 0 Å². The maximum atomic E-state index is 14.0. The Kier molecular flexibility index (Phi) is 27.1. The summed E-state index contributed by atoms with van der Waals surface area (Å²) in [6.45, 7) is 2.57. The van der Waals surface area contributed by atoms with Crippen molar-refractivity contribution in [2.75, 3.05) is 26.2 Å². The zero-order chi connectivity index (χ0) is 58.4. The molecule has 3 heterocycles. The maximum absolute atomic E-state index is 14.0. The molecular formula is C48H79N11O19. The first-order valence-corrected chi connectivity index (χ1v) is 26.3. The van der Waals surface area contributed by atoms with Crippen LogP contribution >= 0.6 is 0 Å². The highest BCUT2D eigenvalue weighted by atomic mass is 16.5. The molecule has 3 aliphatic rings. The lowest BCUT2D eigenvalue weighted by Gasteiger charge is -2.32. The number of aliphatic hydroxyl groups excluding tert-OH is 5. The molecule has 0 aliphatic carbocycles. The number of guanidine groups is 1. The Labute approximate surface area is 450 Å². The Morgan fingerprint density at radius 2 is 1.24 bits per heavy atom. The van der Waals surface area contributed by atoms with E-state index in [1.165, 1.54) is 6.92 Å². The summed E-state index contributed by atoms with van der Waals surface area (Å²) in [4.78, 5) is 155. The molecule has 8 amide bonds. The predicted molar refractivity (Wildman–Crippen MR) is 270 cm³/mol. The van der Waals surface area contributed by atoms with Crippen molar-refractivity contribution in [3.63, 3.8) is 0 Å². The molecule has 13 atom stereocenters. The van der Waals surface area contributed by atoms with Gasteiger partial charge in [0.15, 0.2) is 24.2 Å². The highest BCUT2D eigenvalue weighted by Crippen LogP contribution is 2.23. The summed E-state index contributed by atoms with van der Waals surface area (Å²) in [5.41, 5.74) is 10.8. The first-order chi connectivity index (χ1) is 36.8. The number of carbonyl (C=O) groups excluding carboxylic acids is 9. The Balaban J connectivity index is 2.12. The zero-order valence-electron chi connectivity index (χ0n) is 44.2. The van der Waals surface area contributed by atoms with Crippen LogP contribution in [-0.4, -0.2) is 222 Å². The topological polar surface area (TPSA) is 482 Å². The second-order valence-electron chi connectivity index (χ2n) is 19.7. The molecule has 3 aliphatic heterocycles. The van der Waals surface area contributed by atoms with Gasteiger partial charge < -0.3 is 93.7 Å². The number of carbonyl (C=O) groups is 11. The molecule has 0 aromatic heterocycles. The minimum Gasteiger partial charge on any atom is -0.479 e. The fourth-order valence-corrected chi connectivity index (χ4v) is 9.24. The zero-order valence-corrected chi connectivity index (χ0v) is 44.2. The SMILES string of the molecule is CCCCCCCCCCCC1CC(=O)N[C@@H]([C@@H](C)O)C(=O)N[C@@H](C)C(=O)N2CCC[C@H]2C(=O)N[C@@H](CCCN=C(N)N)C(=O)N[C@@H](C(O)C(=O)O)C(=O)N[C@@H](CO)C(=O)N2CC[C@H](O)[C@H]2C(=O)N[C@H](C(O)C(=O)O)C(=O)O1. The highest BCUT2D eigenvalue weighted by Gasteiger charge is 2.47. The molecule has 0 bridgehead atoms. The third kappa shape index (κ3) is 19.6. The Hall–Kier alpha value is -6.76.